The number of hydrogen-bond acceptors (Lipinski definition) is 4. The predicted octanol–water partition coefficient (Wildman–Crippen LogP) is 3.35. The molecule has 1 fully saturated rings. The molecule has 24 heavy (non-hydrogen) atoms. The van der Waals surface area contributed by atoms with Gasteiger partial charge in [0.05, 0.1) is 10.0 Å². The predicted molar refractivity (Wildman–Crippen MR) is 88.4 cm³/mol. The number of imide groups is 2. The maximum atomic E-state index is 12.0. The number of barbiturate groups is 1. The average Bonchev–Trinajstić information content (AvgIpc) is 3.01. The van der Waals surface area contributed by atoms with Gasteiger partial charge in [0.1, 0.15) is 17.1 Å². The lowest BCUT2D eigenvalue weighted by atomic mass is 10.1. The van der Waals surface area contributed by atoms with E-state index in [-0.39, 0.29) is 11.3 Å². The van der Waals surface area contributed by atoms with Gasteiger partial charge in [-0.2, -0.15) is 0 Å². The van der Waals surface area contributed by atoms with Crippen LogP contribution in [0.4, 0.5) is 4.79 Å². The Morgan fingerprint density at radius 3 is 2.54 bits per heavy atom. The minimum Gasteiger partial charge on any atom is -0.457 e. The van der Waals surface area contributed by atoms with Gasteiger partial charge >= 0.3 is 6.03 Å². The van der Waals surface area contributed by atoms with E-state index in [1.165, 1.54) is 13.1 Å². The largest absolute Gasteiger partial charge is 0.457 e. The topological polar surface area (TPSA) is 79.6 Å². The Kier molecular flexibility index (Phi) is 4.17. The molecule has 0 saturated carbocycles. The van der Waals surface area contributed by atoms with Crippen molar-refractivity contribution < 1.29 is 18.8 Å². The Morgan fingerprint density at radius 2 is 1.83 bits per heavy atom. The third-order valence-electron chi connectivity index (χ3n) is 3.42. The van der Waals surface area contributed by atoms with E-state index >= 15 is 0 Å². The Hall–Kier alpha value is -2.57. The fourth-order valence-electron chi connectivity index (χ4n) is 2.12. The highest BCUT2D eigenvalue weighted by molar-refractivity contribution is 6.42. The normalized spacial score (nSPS) is 16.7. The molecule has 1 saturated heterocycles. The highest BCUT2D eigenvalue weighted by Crippen LogP contribution is 2.30. The second-order valence-corrected chi connectivity index (χ2v) is 5.83. The number of urea groups is 1. The van der Waals surface area contributed by atoms with Gasteiger partial charge in [-0.05, 0) is 36.4 Å². The zero-order chi connectivity index (χ0) is 17.4. The molecule has 122 valence electrons. The van der Waals surface area contributed by atoms with Crippen LogP contribution in [0.1, 0.15) is 5.76 Å². The summed E-state index contributed by atoms with van der Waals surface area (Å²) in [4.78, 5) is 36.0. The maximum Gasteiger partial charge on any atom is 0.331 e. The molecule has 1 aliphatic heterocycles. The second-order valence-electron chi connectivity index (χ2n) is 5.01. The van der Waals surface area contributed by atoms with Crippen molar-refractivity contribution >= 4 is 47.1 Å². The maximum absolute atomic E-state index is 12.0. The summed E-state index contributed by atoms with van der Waals surface area (Å²) >= 11 is 11.8. The van der Waals surface area contributed by atoms with Gasteiger partial charge in [-0.1, -0.05) is 23.2 Å². The second kappa shape index (κ2) is 6.14. The number of nitrogens with one attached hydrogen (secondary N) is 1. The van der Waals surface area contributed by atoms with E-state index in [9.17, 15) is 14.4 Å². The van der Waals surface area contributed by atoms with Gasteiger partial charge in [-0.3, -0.25) is 19.8 Å². The summed E-state index contributed by atoms with van der Waals surface area (Å²) in [5.41, 5.74) is 0.507. The molecule has 0 radical (unpaired) electrons. The summed E-state index contributed by atoms with van der Waals surface area (Å²) in [6, 6.07) is 7.52. The molecular weight excluding hydrogens is 355 g/mol. The summed E-state index contributed by atoms with van der Waals surface area (Å²) in [6.07, 6.45) is 1.28. The minimum absolute atomic E-state index is 0.188. The molecule has 1 aromatic carbocycles. The van der Waals surface area contributed by atoms with Crippen molar-refractivity contribution in [3.05, 3.63) is 51.7 Å². The Morgan fingerprint density at radius 1 is 1.08 bits per heavy atom. The fourth-order valence-corrected chi connectivity index (χ4v) is 2.42. The molecule has 3 rings (SSSR count). The number of amides is 4. The zero-order valence-corrected chi connectivity index (χ0v) is 13.8. The van der Waals surface area contributed by atoms with E-state index in [0.717, 1.165) is 4.90 Å². The molecule has 0 aliphatic carbocycles. The van der Waals surface area contributed by atoms with Gasteiger partial charge < -0.3 is 4.42 Å². The molecule has 0 atom stereocenters. The summed E-state index contributed by atoms with van der Waals surface area (Å²) in [5, 5.41) is 2.87. The van der Waals surface area contributed by atoms with E-state index in [2.05, 4.69) is 5.32 Å². The van der Waals surface area contributed by atoms with Crippen LogP contribution in [-0.2, 0) is 9.59 Å². The van der Waals surface area contributed by atoms with Crippen molar-refractivity contribution in [1.29, 1.82) is 0 Å². The third kappa shape index (κ3) is 2.93. The van der Waals surface area contributed by atoms with Crippen LogP contribution >= 0.6 is 23.2 Å². The molecule has 4 amide bonds. The molecule has 0 unspecified atom stereocenters. The SMILES string of the molecule is CN1C(=O)NC(=O)C(=Cc2ccc(-c3ccc(Cl)c(Cl)c3)o2)C1=O. The van der Waals surface area contributed by atoms with Crippen LogP contribution in [0.3, 0.4) is 0 Å². The molecule has 0 spiro atoms. The van der Waals surface area contributed by atoms with E-state index in [1.54, 1.807) is 30.3 Å². The van der Waals surface area contributed by atoms with Gasteiger partial charge in [0.25, 0.3) is 11.8 Å². The molecule has 1 aliphatic rings. The van der Waals surface area contributed by atoms with Crippen molar-refractivity contribution in [2.75, 3.05) is 7.05 Å². The zero-order valence-electron chi connectivity index (χ0n) is 12.3. The summed E-state index contributed by atoms with van der Waals surface area (Å²) < 4.78 is 5.61. The number of furan rings is 1. The van der Waals surface area contributed by atoms with Crippen LogP contribution in [0.5, 0.6) is 0 Å². The molecular formula is C16H10Cl2N2O4. The van der Waals surface area contributed by atoms with Gasteiger partial charge in [0.15, 0.2) is 0 Å². The number of likely N-dealkylation sites (N-methyl/N-ethyl adjacent to an activating group) is 1. The number of hydrogen-bond donors (Lipinski definition) is 1. The number of benzene rings is 1. The summed E-state index contributed by atoms with van der Waals surface area (Å²) in [7, 11) is 1.28. The van der Waals surface area contributed by atoms with Gasteiger partial charge in [-0.25, -0.2) is 4.79 Å². The fraction of sp³-hybridized carbons (Fsp3) is 0.0625. The average molecular weight is 365 g/mol. The number of halogens is 2. The highest BCUT2D eigenvalue weighted by Gasteiger charge is 2.33. The molecule has 2 aromatic rings. The molecule has 8 heteroatoms. The van der Waals surface area contributed by atoms with Crippen LogP contribution in [0.15, 0.2) is 40.3 Å². The van der Waals surface area contributed by atoms with Crippen LogP contribution in [0.25, 0.3) is 17.4 Å². The van der Waals surface area contributed by atoms with Crippen LogP contribution in [0.2, 0.25) is 10.0 Å². The monoisotopic (exact) mass is 364 g/mol. The third-order valence-corrected chi connectivity index (χ3v) is 4.16. The number of nitrogens with zero attached hydrogens (tertiary/aromatic N) is 1. The van der Waals surface area contributed by atoms with E-state index in [0.29, 0.717) is 21.4 Å². The van der Waals surface area contributed by atoms with Crippen molar-refractivity contribution in [3.8, 4) is 11.3 Å². The summed E-state index contributed by atoms with van der Waals surface area (Å²) in [5.74, 6) is -0.683. The molecule has 0 bridgehead atoms. The molecule has 1 aromatic heterocycles. The first-order valence-electron chi connectivity index (χ1n) is 6.77. The highest BCUT2D eigenvalue weighted by atomic mass is 35.5. The lowest BCUT2D eigenvalue weighted by Gasteiger charge is -2.21. The van der Waals surface area contributed by atoms with Crippen molar-refractivity contribution in [2.45, 2.75) is 0 Å². The first-order chi connectivity index (χ1) is 11.4. The lowest BCUT2D eigenvalue weighted by Crippen LogP contribution is -2.52. The lowest BCUT2D eigenvalue weighted by molar-refractivity contribution is -0.129. The summed E-state index contributed by atoms with van der Waals surface area (Å²) in [6.45, 7) is 0. The van der Waals surface area contributed by atoms with Crippen LogP contribution in [0, 0.1) is 0 Å². The van der Waals surface area contributed by atoms with E-state index in [4.69, 9.17) is 27.6 Å². The van der Waals surface area contributed by atoms with Gasteiger partial charge in [0, 0.05) is 12.6 Å². The Bertz CT molecular complexity index is 901. The van der Waals surface area contributed by atoms with Crippen molar-refractivity contribution in [2.24, 2.45) is 0 Å². The molecule has 2 heterocycles. The molecule has 6 nitrogen and oxygen atoms in total. The quantitative estimate of drug-likeness (QED) is 0.654. The first kappa shape index (κ1) is 16.3. The molecule has 1 N–H and O–H groups in total. The Balaban J connectivity index is 1.93. The van der Waals surface area contributed by atoms with Crippen molar-refractivity contribution in [3.63, 3.8) is 0 Å². The van der Waals surface area contributed by atoms with Crippen LogP contribution in [-0.4, -0.2) is 29.8 Å². The number of carbonyl (C=O) groups excluding carboxylic acids is 3. The first-order valence-corrected chi connectivity index (χ1v) is 7.53. The van der Waals surface area contributed by atoms with Gasteiger partial charge in [-0.15, -0.1) is 0 Å². The van der Waals surface area contributed by atoms with Crippen molar-refractivity contribution in [1.82, 2.24) is 10.2 Å². The minimum atomic E-state index is -0.768. The van der Waals surface area contributed by atoms with E-state index in [1.807, 2.05) is 0 Å². The number of carbonyl (C=O) groups is 3. The number of rotatable bonds is 2. The smallest absolute Gasteiger partial charge is 0.331 e. The Labute approximate surface area is 146 Å². The van der Waals surface area contributed by atoms with E-state index < -0.39 is 17.8 Å². The van der Waals surface area contributed by atoms with Crippen LogP contribution < -0.4 is 5.32 Å². The van der Waals surface area contributed by atoms with Gasteiger partial charge in [0.2, 0.25) is 0 Å². The standard InChI is InChI=1S/C16H10Cl2N2O4/c1-20-15(22)10(14(21)19-16(20)23)7-9-3-5-13(24-9)8-2-4-11(17)12(18)6-8/h2-7H,1H3,(H,19,21,23).